The summed E-state index contributed by atoms with van der Waals surface area (Å²) in [6, 6.07) is 5.87. The summed E-state index contributed by atoms with van der Waals surface area (Å²) in [4.78, 5) is 2.03. The van der Waals surface area contributed by atoms with Gasteiger partial charge in [0.25, 0.3) is 0 Å². The molecule has 2 aliphatic rings. The van der Waals surface area contributed by atoms with Crippen molar-refractivity contribution >= 4 is 28.9 Å². The Hall–Kier alpha value is -1.26. The third-order valence-electron chi connectivity index (χ3n) is 3.69. The molecule has 0 saturated carbocycles. The minimum absolute atomic E-state index is 0.154. The lowest BCUT2D eigenvalue weighted by Crippen LogP contribution is -2.64. The van der Waals surface area contributed by atoms with Gasteiger partial charge >= 0.3 is 0 Å². The van der Waals surface area contributed by atoms with Crippen molar-refractivity contribution in [2.24, 2.45) is 0 Å². The molecule has 1 fully saturated rings. The van der Waals surface area contributed by atoms with Crippen LogP contribution in [0.4, 0.5) is 0 Å². The average molecular weight is 295 g/mol. The zero-order valence-electron chi connectivity index (χ0n) is 10.6. The molecule has 2 aliphatic heterocycles. The SMILES string of the molecule is C=CCN1C(=S)N[C@H]2C[C@@]1(C)Oc1ccc(Cl)cc12. The quantitative estimate of drug-likeness (QED) is 0.668. The van der Waals surface area contributed by atoms with Crippen molar-refractivity contribution in [3.63, 3.8) is 0 Å². The number of hydrogen-bond donors (Lipinski definition) is 1. The van der Waals surface area contributed by atoms with Crippen LogP contribution in [0.3, 0.4) is 0 Å². The summed E-state index contributed by atoms with van der Waals surface area (Å²) >= 11 is 11.5. The van der Waals surface area contributed by atoms with E-state index in [-0.39, 0.29) is 6.04 Å². The topological polar surface area (TPSA) is 24.5 Å². The Morgan fingerprint density at radius 2 is 2.47 bits per heavy atom. The fourth-order valence-electron chi connectivity index (χ4n) is 2.79. The molecule has 2 bridgehead atoms. The molecule has 0 aliphatic carbocycles. The van der Waals surface area contributed by atoms with E-state index in [1.165, 1.54) is 0 Å². The van der Waals surface area contributed by atoms with Crippen LogP contribution < -0.4 is 10.1 Å². The largest absolute Gasteiger partial charge is 0.468 e. The van der Waals surface area contributed by atoms with Crippen LogP contribution in [0.25, 0.3) is 0 Å². The molecule has 0 aromatic heterocycles. The zero-order chi connectivity index (χ0) is 13.6. The predicted octanol–water partition coefficient (Wildman–Crippen LogP) is 3.26. The van der Waals surface area contributed by atoms with Crippen molar-refractivity contribution in [2.75, 3.05) is 6.54 Å². The molecule has 1 saturated heterocycles. The molecule has 5 heteroatoms. The third-order valence-corrected chi connectivity index (χ3v) is 4.26. The Balaban J connectivity index is 2.05. The van der Waals surface area contributed by atoms with E-state index in [0.717, 1.165) is 17.7 Å². The maximum absolute atomic E-state index is 6.17. The second-order valence-corrected chi connectivity index (χ2v) is 5.89. The van der Waals surface area contributed by atoms with Crippen molar-refractivity contribution in [3.8, 4) is 5.75 Å². The number of hydrogen-bond acceptors (Lipinski definition) is 2. The third kappa shape index (κ3) is 1.99. The number of fused-ring (bicyclic) bond motifs is 4. The van der Waals surface area contributed by atoms with E-state index in [1.807, 2.05) is 29.2 Å². The Labute approximate surface area is 123 Å². The Kier molecular flexibility index (Phi) is 2.95. The molecule has 2 heterocycles. The number of ether oxygens (including phenoxy) is 1. The van der Waals surface area contributed by atoms with E-state index in [2.05, 4.69) is 18.8 Å². The molecule has 2 atom stereocenters. The van der Waals surface area contributed by atoms with Crippen molar-refractivity contribution in [3.05, 3.63) is 41.4 Å². The number of thiocarbonyl (C=S) groups is 1. The van der Waals surface area contributed by atoms with Crippen molar-refractivity contribution < 1.29 is 4.74 Å². The molecule has 0 unspecified atom stereocenters. The highest BCUT2D eigenvalue weighted by Gasteiger charge is 2.47. The highest BCUT2D eigenvalue weighted by Crippen LogP contribution is 2.44. The summed E-state index contributed by atoms with van der Waals surface area (Å²) in [6.45, 7) is 6.51. The second-order valence-electron chi connectivity index (χ2n) is 5.06. The van der Waals surface area contributed by atoms with Gasteiger partial charge in [0.1, 0.15) is 5.75 Å². The molecule has 1 aromatic carbocycles. The molecule has 1 N–H and O–H groups in total. The van der Waals surface area contributed by atoms with E-state index >= 15 is 0 Å². The van der Waals surface area contributed by atoms with E-state index in [0.29, 0.717) is 16.7 Å². The van der Waals surface area contributed by atoms with Crippen LogP contribution in [0.1, 0.15) is 24.9 Å². The fourth-order valence-corrected chi connectivity index (χ4v) is 3.38. The number of benzene rings is 1. The highest BCUT2D eigenvalue weighted by molar-refractivity contribution is 7.80. The van der Waals surface area contributed by atoms with Crippen LogP contribution in [-0.2, 0) is 0 Å². The Morgan fingerprint density at radius 3 is 3.21 bits per heavy atom. The average Bonchev–Trinajstić information content (AvgIpc) is 2.35. The van der Waals surface area contributed by atoms with Gasteiger partial charge in [-0.15, -0.1) is 6.58 Å². The van der Waals surface area contributed by atoms with Crippen LogP contribution in [0.2, 0.25) is 5.02 Å². The monoisotopic (exact) mass is 294 g/mol. The predicted molar refractivity (Wildman–Crippen MR) is 80.5 cm³/mol. The van der Waals surface area contributed by atoms with Gasteiger partial charge < -0.3 is 15.0 Å². The summed E-state index contributed by atoms with van der Waals surface area (Å²) in [5.74, 6) is 0.868. The smallest absolute Gasteiger partial charge is 0.184 e. The van der Waals surface area contributed by atoms with Crippen LogP contribution in [0.5, 0.6) is 5.75 Å². The lowest BCUT2D eigenvalue weighted by Gasteiger charge is -2.52. The van der Waals surface area contributed by atoms with Crippen molar-refractivity contribution in [1.82, 2.24) is 10.2 Å². The number of rotatable bonds is 2. The van der Waals surface area contributed by atoms with Crippen LogP contribution in [0, 0.1) is 0 Å². The maximum Gasteiger partial charge on any atom is 0.184 e. The first-order valence-electron chi connectivity index (χ1n) is 6.21. The highest BCUT2D eigenvalue weighted by atomic mass is 35.5. The van der Waals surface area contributed by atoms with Gasteiger partial charge in [0.2, 0.25) is 0 Å². The molecule has 19 heavy (non-hydrogen) atoms. The van der Waals surface area contributed by atoms with Crippen LogP contribution in [0.15, 0.2) is 30.9 Å². The number of nitrogens with zero attached hydrogens (tertiary/aromatic N) is 1. The lowest BCUT2D eigenvalue weighted by atomic mass is 9.90. The molecule has 3 rings (SSSR count). The zero-order valence-corrected chi connectivity index (χ0v) is 12.2. The summed E-state index contributed by atoms with van der Waals surface area (Å²) in [6.07, 6.45) is 2.66. The molecule has 0 amide bonds. The van der Waals surface area contributed by atoms with Crippen molar-refractivity contribution in [1.29, 1.82) is 0 Å². The molecule has 100 valence electrons. The standard InChI is InChI=1S/C14H15ClN2OS/c1-3-6-17-13(19)16-11-8-14(17,2)18-12-5-4-9(15)7-10(11)12/h3-5,7,11H,1,6,8H2,2H3,(H,16,19)/t11-,14+/m0/s1. The van der Waals surface area contributed by atoms with Gasteiger partial charge in [-0.3, -0.25) is 0 Å². The molecular weight excluding hydrogens is 280 g/mol. The van der Waals surface area contributed by atoms with E-state index in [1.54, 1.807) is 0 Å². The second kappa shape index (κ2) is 4.39. The lowest BCUT2D eigenvalue weighted by molar-refractivity contribution is -0.0631. The van der Waals surface area contributed by atoms with Gasteiger partial charge in [-0.1, -0.05) is 17.7 Å². The van der Waals surface area contributed by atoms with Gasteiger partial charge in [0.05, 0.1) is 6.04 Å². The van der Waals surface area contributed by atoms with Crippen LogP contribution in [-0.4, -0.2) is 22.3 Å². The van der Waals surface area contributed by atoms with Gasteiger partial charge in [-0.25, -0.2) is 0 Å². The van der Waals surface area contributed by atoms with Crippen molar-refractivity contribution in [2.45, 2.75) is 25.1 Å². The summed E-state index contributed by atoms with van der Waals surface area (Å²) < 4.78 is 6.17. The van der Waals surface area contributed by atoms with Gasteiger partial charge in [-0.2, -0.15) is 0 Å². The summed E-state index contributed by atoms with van der Waals surface area (Å²) in [7, 11) is 0. The minimum Gasteiger partial charge on any atom is -0.468 e. The molecule has 1 aromatic rings. The molecule has 3 nitrogen and oxygen atoms in total. The normalized spacial score (nSPS) is 28.2. The molecule has 0 radical (unpaired) electrons. The Morgan fingerprint density at radius 1 is 1.68 bits per heavy atom. The molecule has 0 spiro atoms. The molecular formula is C14H15ClN2OS. The van der Waals surface area contributed by atoms with Crippen LogP contribution >= 0.6 is 23.8 Å². The first-order valence-corrected chi connectivity index (χ1v) is 6.99. The van der Waals surface area contributed by atoms with E-state index < -0.39 is 5.72 Å². The Bertz CT molecular complexity index is 562. The maximum atomic E-state index is 6.17. The minimum atomic E-state index is -0.429. The van der Waals surface area contributed by atoms with E-state index in [4.69, 9.17) is 28.6 Å². The summed E-state index contributed by atoms with van der Waals surface area (Å²) in [5.41, 5.74) is 0.646. The fraction of sp³-hybridized carbons (Fsp3) is 0.357. The number of halogens is 1. The van der Waals surface area contributed by atoms with E-state index in [9.17, 15) is 0 Å². The van der Waals surface area contributed by atoms with Gasteiger partial charge in [0, 0.05) is 23.6 Å². The van der Waals surface area contributed by atoms with Gasteiger partial charge in [-0.05, 0) is 37.3 Å². The van der Waals surface area contributed by atoms with Gasteiger partial charge in [0.15, 0.2) is 10.8 Å². The summed E-state index contributed by atoms with van der Waals surface area (Å²) in [5, 5.41) is 4.78. The first-order chi connectivity index (χ1) is 9.03. The first kappa shape index (κ1) is 12.8. The number of nitrogens with one attached hydrogen (secondary N) is 1.